The molecule has 0 aromatic carbocycles. The smallest absolute Gasteiger partial charge is 0.0267 e. The quantitative estimate of drug-likeness (QED) is 0.533. The second kappa shape index (κ2) is 5.81. The number of nitrogens with two attached hydrogens (primary N) is 1. The highest BCUT2D eigenvalue weighted by atomic mass is 35.5. The first kappa shape index (κ1) is 13.8. The Kier molecular flexibility index (Phi) is 7.28. The molecule has 0 rings (SSSR count). The van der Waals surface area contributed by atoms with E-state index >= 15 is 0 Å². The van der Waals surface area contributed by atoms with E-state index in [9.17, 15) is 0 Å². The first-order chi connectivity index (χ1) is 4.48. The van der Waals surface area contributed by atoms with Crippen molar-refractivity contribution < 1.29 is 0 Å². The van der Waals surface area contributed by atoms with Gasteiger partial charge in [0.1, 0.15) is 0 Å². The molecule has 0 unspecified atom stereocenters. The number of nitrogens with zero attached hydrogens (tertiary/aromatic N) is 1. The minimum Gasteiger partial charge on any atom is -0.268 e. The van der Waals surface area contributed by atoms with Gasteiger partial charge in [0.05, 0.1) is 0 Å². The number of rotatable bonds is 3. The minimum atomic E-state index is 0. The molecule has 0 heterocycles. The van der Waals surface area contributed by atoms with E-state index in [1.165, 1.54) is 12.8 Å². The van der Waals surface area contributed by atoms with E-state index < -0.39 is 0 Å². The molecule has 0 aromatic heterocycles. The molecular formula is C8H21ClN2. The Labute approximate surface area is 76.5 Å². The number of unbranched alkanes of at least 4 members (excludes halogenated alkanes) is 1. The average molecular weight is 181 g/mol. The van der Waals surface area contributed by atoms with E-state index in [-0.39, 0.29) is 17.9 Å². The van der Waals surface area contributed by atoms with Crippen molar-refractivity contribution in [1.82, 2.24) is 5.01 Å². The van der Waals surface area contributed by atoms with Crippen LogP contribution >= 0.6 is 12.4 Å². The molecule has 0 amide bonds. The van der Waals surface area contributed by atoms with Crippen molar-refractivity contribution in [2.45, 2.75) is 46.1 Å². The number of hydrogen-bond donors (Lipinski definition) is 1. The summed E-state index contributed by atoms with van der Waals surface area (Å²) >= 11 is 0. The highest BCUT2D eigenvalue weighted by Gasteiger charge is 2.15. The maximum Gasteiger partial charge on any atom is 0.0267 e. The Morgan fingerprint density at radius 2 is 1.73 bits per heavy atom. The maximum absolute atomic E-state index is 5.77. The molecule has 0 aliphatic carbocycles. The van der Waals surface area contributed by atoms with Crippen LogP contribution in [-0.4, -0.2) is 17.1 Å². The van der Waals surface area contributed by atoms with Crippen LogP contribution in [0.25, 0.3) is 0 Å². The van der Waals surface area contributed by atoms with Gasteiger partial charge in [-0.15, -0.1) is 12.4 Å². The van der Waals surface area contributed by atoms with Crippen molar-refractivity contribution in [1.29, 1.82) is 0 Å². The largest absolute Gasteiger partial charge is 0.268 e. The summed E-state index contributed by atoms with van der Waals surface area (Å²) in [7, 11) is 0. The van der Waals surface area contributed by atoms with Gasteiger partial charge in [0.2, 0.25) is 0 Å². The lowest BCUT2D eigenvalue weighted by Gasteiger charge is -2.30. The van der Waals surface area contributed by atoms with Gasteiger partial charge >= 0.3 is 0 Å². The second-order valence-corrected chi connectivity index (χ2v) is 3.72. The van der Waals surface area contributed by atoms with E-state index in [0.29, 0.717) is 0 Å². The molecule has 3 heteroatoms. The SMILES string of the molecule is CCCCN(N)C(C)(C)C.Cl. The standard InChI is InChI=1S/C8H20N2.ClH/c1-5-6-7-10(9)8(2,3)4;/h5-7,9H2,1-4H3;1H. The molecule has 0 atom stereocenters. The summed E-state index contributed by atoms with van der Waals surface area (Å²) in [6, 6.07) is 0. The van der Waals surface area contributed by atoms with Crippen LogP contribution in [0.3, 0.4) is 0 Å². The normalized spacial score (nSPS) is 11.5. The van der Waals surface area contributed by atoms with Gasteiger partial charge in [-0.2, -0.15) is 0 Å². The molecule has 0 saturated carbocycles. The summed E-state index contributed by atoms with van der Waals surface area (Å²) in [5, 5.41) is 1.90. The molecule has 70 valence electrons. The lowest BCUT2D eigenvalue weighted by Crippen LogP contribution is -2.46. The third kappa shape index (κ3) is 6.60. The van der Waals surface area contributed by atoms with Crippen LogP contribution in [0.2, 0.25) is 0 Å². The fraction of sp³-hybridized carbons (Fsp3) is 1.00. The summed E-state index contributed by atoms with van der Waals surface area (Å²) in [4.78, 5) is 0. The molecule has 0 aliphatic rings. The zero-order valence-corrected chi connectivity index (χ0v) is 8.87. The second-order valence-electron chi connectivity index (χ2n) is 3.72. The molecule has 11 heavy (non-hydrogen) atoms. The zero-order chi connectivity index (χ0) is 8.20. The van der Waals surface area contributed by atoms with E-state index in [1.807, 2.05) is 5.01 Å². The fourth-order valence-corrected chi connectivity index (χ4v) is 0.664. The monoisotopic (exact) mass is 180 g/mol. The van der Waals surface area contributed by atoms with Gasteiger partial charge in [-0.25, -0.2) is 5.01 Å². The minimum absolute atomic E-state index is 0. The predicted octanol–water partition coefficient (Wildman–Crippen LogP) is 2.18. The van der Waals surface area contributed by atoms with Gasteiger partial charge in [-0.05, 0) is 27.2 Å². The van der Waals surface area contributed by atoms with E-state index in [1.54, 1.807) is 0 Å². The number of hydrazine groups is 1. The molecule has 2 nitrogen and oxygen atoms in total. The van der Waals surface area contributed by atoms with Gasteiger partial charge in [0.15, 0.2) is 0 Å². The number of halogens is 1. The van der Waals surface area contributed by atoms with Crippen molar-refractivity contribution in [3.8, 4) is 0 Å². The Morgan fingerprint density at radius 3 is 2.00 bits per heavy atom. The van der Waals surface area contributed by atoms with Crippen molar-refractivity contribution in [2.75, 3.05) is 6.54 Å². The van der Waals surface area contributed by atoms with Gasteiger partial charge in [0.25, 0.3) is 0 Å². The summed E-state index contributed by atoms with van der Waals surface area (Å²) in [6.07, 6.45) is 2.40. The molecule has 0 fully saturated rings. The molecule has 0 aromatic rings. The molecule has 0 saturated heterocycles. The van der Waals surface area contributed by atoms with Crippen LogP contribution in [0.4, 0.5) is 0 Å². The van der Waals surface area contributed by atoms with Crippen molar-refractivity contribution >= 4 is 12.4 Å². The summed E-state index contributed by atoms with van der Waals surface area (Å²) < 4.78 is 0. The van der Waals surface area contributed by atoms with Crippen LogP contribution in [-0.2, 0) is 0 Å². The Morgan fingerprint density at radius 1 is 1.27 bits per heavy atom. The van der Waals surface area contributed by atoms with Crippen LogP contribution < -0.4 is 5.84 Å². The summed E-state index contributed by atoms with van der Waals surface area (Å²) in [6.45, 7) is 9.56. The van der Waals surface area contributed by atoms with Gasteiger partial charge in [-0.3, -0.25) is 5.84 Å². The molecule has 2 N–H and O–H groups in total. The van der Waals surface area contributed by atoms with Gasteiger partial charge in [-0.1, -0.05) is 13.3 Å². The zero-order valence-electron chi connectivity index (χ0n) is 8.05. The third-order valence-corrected chi connectivity index (χ3v) is 1.61. The lowest BCUT2D eigenvalue weighted by molar-refractivity contribution is 0.136. The Hall–Kier alpha value is 0.210. The van der Waals surface area contributed by atoms with E-state index in [2.05, 4.69) is 27.7 Å². The van der Waals surface area contributed by atoms with Gasteiger partial charge < -0.3 is 0 Å². The molecule has 0 bridgehead atoms. The summed E-state index contributed by atoms with van der Waals surface area (Å²) in [5.74, 6) is 5.77. The highest BCUT2D eigenvalue weighted by Crippen LogP contribution is 2.08. The predicted molar refractivity (Wildman–Crippen MR) is 52.8 cm³/mol. The first-order valence-corrected chi connectivity index (χ1v) is 4.01. The van der Waals surface area contributed by atoms with Crippen LogP contribution in [0, 0.1) is 0 Å². The molecule has 0 radical (unpaired) electrons. The van der Waals surface area contributed by atoms with Crippen molar-refractivity contribution in [3.63, 3.8) is 0 Å². The van der Waals surface area contributed by atoms with Crippen LogP contribution in [0.1, 0.15) is 40.5 Å². The number of hydrogen-bond acceptors (Lipinski definition) is 2. The average Bonchev–Trinajstić information content (AvgIpc) is 1.80. The van der Waals surface area contributed by atoms with Crippen LogP contribution in [0.15, 0.2) is 0 Å². The molecule has 0 spiro atoms. The first-order valence-electron chi connectivity index (χ1n) is 4.01. The van der Waals surface area contributed by atoms with Crippen molar-refractivity contribution in [2.24, 2.45) is 5.84 Å². The summed E-state index contributed by atoms with van der Waals surface area (Å²) in [5.41, 5.74) is 0.120. The third-order valence-electron chi connectivity index (χ3n) is 1.61. The van der Waals surface area contributed by atoms with Gasteiger partial charge in [0, 0.05) is 12.1 Å². The van der Waals surface area contributed by atoms with E-state index in [4.69, 9.17) is 5.84 Å². The fourth-order valence-electron chi connectivity index (χ4n) is 0.664. The maximum atomic E-state index is 5.77. The van der Waals surface area contributed by atoms with E-state index in [0.717, 1.165) is 6.54 Å². The van der Waals surface area contributed by atoms with Crippen LogP contribution in [0.5, 0.6) is 0 Å². The van der Waals surface area contributed by atoms with Crippen molar-refractivity contribution in [3.05, 3.63) is 0 Å². The highest BCUT2D eigenvalue weighted by molar-refractivity contribution is 5.85. The topological polar surface area (TPSA) is 29.3 Å². The molecular weight excluding hydrogens is 160 g/mol. The Bertz CT molecular complexity index is 88.6. The Balaban J connectivity index is 0. The lowest BCUT2D eigenvalue weighted by atomic mass is 10.1. The molecule has 0 aliphatic heterocycles.